The van der Waals surface area contributed by atoms with Crippen LogP contribution in [0.2, 0.25) is 5.02 Å². The zero-order valence-electron chi connectivity index (χ0n) is 13.9. The fourth-order valence-corrected chi connectivity index (χ4v) is 3.11. The number of nitrogens with zero attached hydrogens (tertiary/aromatic N) is 1. The van der Waals surface area contributed by atoms with Crippen LogP contribution in [0.1, 0.15) is 17.5 Å². The average Bonchev–Trinajstić information content (AvgIpc) is 2.89. The van der Waals surface area contributed by atoms with Crippen molar-refractivity contribution in [3.8, 4) is 5.75 Å². The van der Waals surface area contributed by atoms with Crippen LogP contribution in [0.3, 0.4) is 0 Å². The highest BCUT2D eigenvalue weighted by atomic mass is 35.5. The Labute approximate surface area is 151 Å². The Balaban J connectivity index is 1.68. The van der Waals surface area contributed by atoms with Crippen molar-refractivity contribution in [3.05, 3.63) is 64.7 Å². The summed E-state index contributed by atoms with van der Waals surface area (Å²) in [5, 5.41) is 3.29. The summed E-state index contributed by atoms with van der Waals surface area (Å²) in [5.41, 5.74) is 1.83. The highest BCUT2D eigenvalue weighted by molar-refractivity contribution is 6.30. The van der Waals surface area contributed by atoms with Crippen molar-refractivity contribution in [2.45, 2.75) is 25.4 Å². The number of urea groups is 1. The van der Waals surface area contributed by atoms with E-state index in [1.807, 2.05) is 30.3 Å². The van der Waals surface area contributed by atoms with Crippen molar-refractivity contribution in [2.75, 3.05) is 7.11 Å². The molecule has 0 aromatic heterocycles. The monoisotopic (exact) mass is 358 g/mol. The lowest BCUT2D eigenvalue weighted by molar-refractivity contribution is -0.128. The van der Waals surface area contributed by atoms with Crippen molar-refractivity contribution in [2.24, 2.45) is 0 Å². The molecule has 1 atom stereocenters. The number of halogens is 1. The smallest absolute Gasteiger partial charge is 0.325 e. The van der Waals surface area contributed by atoms with Gasteiger partial charge in [-0.2, -0.15) is 0 Å². The Morgan fingerprint density at radius 1 is 1.16 bits per heavy atom. The molecule has 1 N–H and O–H groups in total. The molecule has 1 aliphatic heterocycles. The molecule has 1 saturated heterocycles. The van der Waals surface area contributed by atoms with Crippen LogP contribution in [0.25, 0.3) is 0 Å². The molecule has 130 valence electrons. The number of nitrogens with one attached hydrogen (secondary N) is 1. The van der Waals surface area contributed by atoms with Gasteiger partial charge in [0.1, 0.15) is 11.8 Å². The number of rotatable bonds is 6. The largest absolute Gasteiger partial charge is 0.496 e. The molecule has 25 heavy (non-hydrogen) atoms. The average molecular weight is 359 g/mol. The summed E-state index contributed by atoms with van der Waals surface area (Å²) in [6, 6.07) is 14.1. The lowest BCUT2D eigenvalue weighted by atomic mass is 10.1. The summed E-state index contributed by atoms with van der Waals surface area (Å²) >= 11 is 6.02. The molecular weight excluding hydrogens is 340 g/mol. The van der Waals surface area contributed by atoms with Crippen LogP contribution in [-0.2, 0) is 17.8 Å². The van der Waals surface area contributed by atoms with E-state index in [1.54, 1.807) is 25.3 Å². The first-order chi connectivity index (χ1) is 12.1. The Hall–Kier alpha value is -2.53. The van der Waals surface area contributed by atoms with Crippen molar-refractivity contribution in [1.29, 1.82) is 0 Å². The molecule has 3 amide bonds. The second-order valence-electron chi connectivity index (χ2n) is 5.91. The van der Waals surface area contributed by atoms with Gasteiger partial charge in [-0.25, -0.2) is 4.79 Å². The fourth-order valence-electron chi connectivity index (χ4n) is 2.92. The highest BCUT2D eigenvalue weighted by Crippen LogP contribution is 2.25. The van der Waals surface area contributed by atoms with Crippen molar-refractivity contribution < 1.29 is 14.3 Å². The van der Waals surface area contributed by atoms with E-state index in [4.69, 9.17) is 16.3 Å². The standard InChI is InChI=1S/C19H19ClN2O3/c1-25-17-10-8-15(20)11-14(17)12-22-18(23)16(21-19(22)24)9-7-13-5-3-2-4-6-13/h2-6,8,10-11,16H,7,9,12H2,1H3,(H,21,24). The lowest BCUT2D eigenvalue weighted by Gasteiger charge is -2.16. The maximum Gasteiger partial charge on any atom is 0.325 e. The molecule has 0 bridgehead atoms. The van der Waals surface area contributed by atoms with Crippen LogP contribution in [0.4, 0.5) is 4.79 Å². The van der Waals surface area contributed by atoms with Crippen LogP contribution in [0, 0.1) is 0 Å². The van der Waals surface area contributed by atoms with Gasteiger partial charge in [-0.05, 0) is 36.6 Å². The lowest BCUT2D eigenvalue weighted by Crippen LogP contribution is -2.31. The van der Waals surface area contributed by atoms with Gasteiger partial charge in [-0.15, -0.1) is 0 Å². The number of ether oxygens (including phenoxy) is 1. The first-order valence-corrected chi connectivity index (χ1v) is 8.44. The third kappa shape index (κ3) is 3.94. The van der Waals surface area contributed by atoms with Crippen molar-refractivity contribution in [1.82, 2.24) is 10.2 Å². The van der Waals surface area contributed by atoms with Crippen LogP contribution in [0.15, 0.2) is 48.5 Å². The molecule has 3 rings (SSSR count). The number of carbonyl (C=O) groups is 2. The normalized spacial score (nSPS) is 16.9. The molecule has 2 aromatic carbocycles. The SMILES string of the molecule is COc1ccc(Cl)cc1CN1C(=O)NC(CCc2ccccc2)C1=O. The summed E-state index contributed by atoms with van der Waals surface area (Å²) in [6.07, 6.45) is 1.30. The van der Waals surface area contributed by atoms with Gasteiger partial charge in [0.15, 0.2) is 0 Å². The second-order valence-corrected chi connectivity index (χ2v) is 6.34. The van der Waals surface area contributed by atoms with Crippen molar-refractivity contribution in [3.63, 3.8) is 0 Å². The number of hydrogen-bond acceptors (Lipinski definition) is 3. The van der Waals surface area contributed by atoms with E-state index in [0.717, 1.165) is 12.0 Å². The van der Waals surface area contributed by atoms with Crippen LogP contribution >= 0.6 is 11.6 Å². The number of amides is 3. The molecule has 1 heterocycles. The van der Waals surface area contributed by atoms with Gasteiger partial charge in [-0.3, -0.25) is 9.69 Å². The van der Waals surface area contributed by atoms with Crippen LogP contribution < -0.4 is 10.1 Å². The number of carbonyl (C=O) groups excluding carboxylic acids is 2. The molecule has 0 radical (unpaired) electrons. The number of methoxy groups -OCH3 is 1. The first-order valence-electron chi connectivity index (χ1n) is 8.06. The molecular formula is C19H19ClN2O3. The minimum atomic E-state index is -0.502. The summed E-state index contributed by atoms with van der Waals surface area (Å²) in [7, 11) is 1.54. The molecule has 6 heteroatoms. The van der Waals surface area contributed by atoms with Gasteiger partial charge in [0.25, 0.3) is 5.91 Å². The minimum absolute atomic E-state index is 0.135. The molecule has 5 nitrogen and oxygen atoms in total. The number of hydrogen-bond donors (Lipinski definition) is 1. The minimum Gasteiger partial charge on any atom is -0.496 e. The van der Waals surface area contributed by atoms with E-state index in [-0.39, 0.29) is 18.5 Å². The Kier molecular flexibility index (Phi) is 5.24. The molecule has 2 aromatic rings. The van der Waals surface area contributed by atoms with E-state index < -0.39 is 6.04 Å². The quantitative estimate of drug-likeness (QED) is 0.805. The third-order valence-corrected chi connectivity index (χ3v) is 4.48. The predicted octanol–water partition coefficient (Wildman–Crippen LogP) is 3.40. The van der Waals surface area contributed by atoms with Crippen LogP contribution in [-0.4, -0.2) is 30.0 Å². The Morgan fingerprint density at radius 3 is 2.64 bits per heavy atom. The van der Waals surface area contributed by atoms with Gasteiger partial charge in [0.05, 0.1) is 13.7 Å². The van der Waals surface area contributed by atoms with Gasteiger partial charge < -0.3 is 10.1 Å². The first kappa shape index (κ1) is 17.3. The van der Waals surface area contributed by atoms with E-state index in [9.17, 15) is 9.59 Å². The summed E-state index contributed by atoms with van der Waals surface area (Å²) in [5.74, 6) is 0.376. The van der Waals surface area contributed by atoms with E-state index in [1.165, 1.54) is 4.90 Å². The number of benzene rings is 2. The summed E-state index contributed by atoms with van der Waals surface area (Å²) in [4.78, 5) is 26.0. The molecule has 1 unspecified atom stereocenters. The molecule has 1 fully saturated rings. The molecule has 0 spiro atoms. The second kappa shape index (κ2) is 7.57. The molecule has 0 aliphatic carbocycles. The topological polar surface area (TPSA) is 58.6 Å². The Morgan fingerprint density at radius 2 is 1.92 bits per heavy atom. The Bertz CT molecular complexity index is 779. The van der Waals surface area contributed by atoms with Gasteiger partial charge in [-0.1, -0.05) is 41.9 Å². The maximum absolute atomic E-state index is 12.6. The zero-order chi connectivity index (χ0) is 17.8. The van der Waals surface area contributed by atoms with E-state index >= 15 is 0 Å². The maximum atomic E-state index is 12.6. The van der Waals surface area contributed by atoms with Gasteiger partial charge >= 0.3 is 6.03 Å². The third-order valence-electron chi connectivity index (χ3n) is 4.24. The van der Waals surface area contributed by atoms with Crippen molar-refractivity contribution >= 4 is 23.5 Å². The van der Waals surface area contributed by atoms with Gasteiger partial charge in [0.2, 0.25) is 0 Å². The summed E-state index contributed by atoms with van der Waals surface area (Å²) in [6.45, 7) is 0.135. The summed E-state index contributed by atoms with van der Waals surface area (Å²) < 4.78 is 5.28. The zero-order valence-corrected chi connectivity index (χ0v) is 14.6. The number of aryl methyl sites for hydroxylation is 1. The predicted molar refractivity (Wildman–Crippen MR) is 95.6 cm³/mol. The van der Waals surface area contributed by atoms with Gasteiger partial charge in [0, 0.05) is 10.6 Å². The highest BCUT2D eigenvalue weighted by Gasteiger charge is 2.37. The number of imide groups is 1. The van der Waals surface area contributed by atoms with Crippen LogP contribution in [0.5, 0.6) is 5.75 Å². The van der Waals surface area contributed by atoms with E-state index in [2.05, 4.69) is 5.32 Å². The molecule has 1 aliphatic rings. The molecule has 0 saturated carbocycles. The fraction of sp³-hybridized carbons (Fsp3) is 0.263. The van der Waals surface area contributed by atoms with E-state index in [0.29, 0.717) is 22.8 Å².